The van der Waals surface area contributed by atoms with Gasteiger partial charge in [-0.3, -0.25) is 0 Å². The molecule has 1 aromatic rings. The van der Waals surface area contributed by atoms with Crippen LogP contribution in [0.25, 0.3) is 0 Å². The molecule has 0 radical (unpaired) electrons. The largest absolute Gasteiger partial charge is 0.379 e. The van der Waals surface area contributed by atoms with Gasteiger partial charge >= 0.3 is 0 Å². The molecule has 4 nitrogen and oxygen atoms in total. The van der Waals surface area contributed by atoms with Crippen molar-refractivity contribution in [3.63, 3.8) is 0 Å². The molecule has 0 amide bonds. The Morgan fingerprint density at radius 3 is 3.31 bits per heavy atom. The summed E-state index contributed by atoms with van der Waals surface area (Å²) in [5.74, 6) is 0. The molecule has 1 spiro atoms. The minimum absolute atomic E-state index is 0.0272. The molecular formula is C12H19N3O. The number of nitrogens with one attached hydrogen (secondary N) is 2. The normalized spacial score (nSPS) is 33.9. The summed E-state index contributed by atoms with van der Waals surface area (Å²) in [5.41, 5.74) is 2.47. The topological polar surface area (TPSA) is 49.9 Å². The Labute approximate surface area is 95.8 Å². The van der Waals surface area contributed by atoms with Crippen LogP contribution in [0.3, 0.4) is 0 Å². The summed E-state index contributed by atoms with van der Waals surface area (Å²) in [6.45, 7) is 1.02. The molecule has 2 N–H and O–H groups in total. The van der Waals surface area contributed by atoms with Crippen LogP contribution in [0.4, 0.5) is 0 Å². The number of imidazole rings is 1. The van der Waals surface area contributed by atoms with Crippen molar-refractivity contribution in [2.45, 2.75) is 43.7 Å². The first-order chi connectivity index (χ1) is 7.87. The average Bonchev–Trinajstić information content (AvgIpc) is 2.80. The molecule has 2 unspecified atom stereocenters. The monoisotopic (exact) mass is 221 g/mol. The van der Waals surface area contributed by atoms with E-state index in [1.54, 1.807) is 0 Å². The molecule has 0 aromatic carbocycles. The van der Waals surface area contributed by atoms with Gasteiger partial charge in [0.05, 0.1) is 23.7 Å². The van der Waals surface area contributed by atoms with Gasteiger partial charge in [-0.2, -0.15) is 0 Å². The summed E-state index contributed by atoms with van der Waals surface area (Å²) in [6, 6.07) is 0. The molecule has 2 atom stereocenters. The van der Waals surface area contributed by atoms with Crippen LogP contribution in [0.2, 0.25) is 0 Å². The van der Waals surface area contributed by atoms with Gasteiger partial charge in [-0.25, -0.2) is 4.98 Å². The van der Waals surface area contributed by atoms with Gasteiger partial charge in [0, 0.05) is 25.8 Å². The fourth-order valence-corrected chi connectivity index (χ4v) is 3.32. The fraction of sp³-hybridized carbons (Fsp3) is 0.750. The smallest absolute Gasteiger partial charge is 0.0926 e. The van der Waals surface area contributed by atoms with Crippen LogP contribution < -0.4 is 5.32 Å². The summed E-state index contributed by atoms with van der Waals surface area (Å²) in [5, 5.41) is 3.67. The maximum Gasteiger partial charge on any atom is 0.0926 e. The van der Waals surface area contributed by atoms with Crippen molar-refractivity contribution in [2.24, 2.45) is 0 Å². The number of methoxy groups -OCH3 is 1. The number of rotatable bonds is 1. The van der Waals surface area contributed by atoms with Crippen molar-refractivity contribution in [2.75, 3.05) is 13.7 Å². The molecular weight excluding hydrogens is 202 g/mol. The second kappa shape index (κ2) is 3.86. The van der Waals surface area contributed by atoms with Crippen molar-refractivity contribution in [1.29, 1.82) is 0 Å². The van der Waals surface area contributed by atoms with E-state index < -0.39 is 0 Å². The second-order valence-electron chi connectivity index (χ2n) is 4.85. The summed E-state index contributed by atoms with van der Waals surface area (Å²) in [6.07, 6.45) is 7.94. The molecule has 4 heteroatoms. The maximum absolute atomic E-state index is 5.69. The van der Waals surface area contributed by atoms with E-state index in [0.29, 0.717) is 0 Å². The van der Waals surface area contributed by atoms with Gasteiger partial charge in [0.2, 0.25) is 0 Å². The van der Waals surface area contributed by atoms with E-state index in [1.165, 1.54) is 24.2 Å². The SMILES string of the molecule is COC1CCCCC12NCCc1[nH]cnc12. The average molecular weight is 221 g/mol. The van der Waals surface area contributed by atoms with Gasteiger partial charge in [0.15, 0.2) is 0 Å². The number of nitrogens with zero attached hydrogens (tertiary/aromatic N) is 1. The first-order valence-electron chi connectivity index (χ1n) is 6.17. The highest BCUT2D eigenvalue weighted by atomic mass is 16.5. The van der Waals surface area contributed by atoms with Crippen molar-refractivity contribution in [1.82, 2.24) is 15.3 Å². The number of fused-ring (bicyclic) bond motifs is 2. The highest BCUT2D eigenvalue weighted by Crippen LogP contribution is 2.40. The van der Waals surface area contributed by atoms with Crippen LogP contribution in [0.1, 0.15) is 37.1 Å². The minimum atomic E-state index is -0.0272. The van der Waals surface area contributed by atoms with Crippen LogP contribution in [0.15, 0.2) is 6.33 Å². The Balaban J connectivity index is 2.04. The molecule has 88 valence electrons. The second-order valence-corrected chi connectivity index (χ2v) is 4.85. The summed E-state index contributed by atoms with van der Waals surface area (Å²) >= 11 is 0. The van der Waals surface area contributed by atoms with E-state index in [-0.39, 0.29) is 11.6 Å². The van der Waals surface area contributed by atoms with Gasteiger partial charge in [0.25, 0.3) is 0 Å². The van der Waals surface area contributed by atoms with Crippen molar-refractivity contribution >= 4 is 0 Å². The number of H-pyrrole nitrogens is 1. The molecule has 0 saturated heterocycles. The lowest BCUT2D eigenvalue weighted by Gasteiger charge is -2.45. The summed E-state index contributed by atoms with van der Waals surface area (Å²) < 4.78 is 5.69. The number of aromatic nitrogens is 2. The lowest BCUT2D eigenvalue weighted by molar-refractivity contribution is -0.0203. The van der Waals surface area contributed by atoms with E-state index in [2.05, 4.69) is 15.3 Å². The lowest BCUT2D eigenvalue weighted by Crippen LogP contribution is -2.57. The van der Waals surface area contributed by atoms with Crippen LogP contribution in [-0.2, 0) is 16.7 Å². The molecule has 1 aliphatic carbocycles. The molecule has 16 heavy (non-hydrogen) atoms. The minimum Gasteiger partial charge on any atom is -0.379 e. The Hall–Kier alpha value is -0.870. The molecule has 1 aromatic heterocycles. The van der Waals surface area contributed by atoms with Gasteiger partial charge < -0.3 is 15.0 Å². The molecule has 1 saturated carbocycles. The predicted octanol–water partition coefficient (Wildman–Crippen LogP) is 1.34. The molecule has 2 heterocycles. The molecule has 1 fully saturated rings. The fourth-order valence-electron chi connectivity index (χ4n) is 3.32. The Kier molecular flexibility index (Phi) is 2.48. The third kappa shape index (κ3) is 1.33. The predicted molar refractivity (Wildman–Crippen MR) is 61.2 cm³/mol. The first-order valence-corrected chi connectivity index (χ1v) is 6.17. The number of hydrogen-bond donors (Lipinski definition) is 2. The van der Waals surface area contributed by atoms with E-state index in [4.69, 9.17) is 4.74 Å². The Bertz CT molecular complexity index is 376. The molecule has 1 aliphatic heterocycles. The van der Waals surface area contributed by atoms with E-state index in [1.807, 2.05) is 13.4 Å². The van der Waals surface area contributed by atoms with Gasteiger partial charge in [-0.15, -0.1) is 0 Å². The molecule has 2 aliphatic rings. The third-order valence-electron chi connectivity index (χ3n) is 4.08. The Morgan fingerprint density at radius 1 is 1.50 bits per heavy atom. The summed E-state index contributed by atoms with van der Waals surface area (Å²) in [4.78, 5) is 7.80. The lowest BCUT2D eigenvalue weighted by atomic mass is 9.74. The zero-order valence-corrected chi connectivity index (χ0v) is 9.75. The highest BCUT2D eigenvalue weighted by molar-refractivity contribution is 5.28. The Morgan fingerprint density at radius 2 is 2.44 bits per heavy atom. The number of hydrogen-bond acceptors (Lipinski definition) is 3. The van der Waals surface area contributed by atoms with Gasteiger partial charge in [-0.1, -0.05) is 12.8 Å². The quantitative estimate of drug-likeness (QED) is 0.752. The maximum atomic E-state index is 5.69. The molecule has 3 rings (SSSR count). The third-order valence-corrected chi connectivity index (χ3v) is 4.08. The van der Waals surface area contributed by atoms with Crippen LogP contribution >= 0.6 is 0 Å². The zero-order valence-electron chi connectivity index (χ0n) is 9.75. The number of aromatic amines is 1. The zero-order chi connectivity index (χ0) is 11.0. The van der Waals surface area contributed by atoms with Gasteiger partial charge in [0.1, 0.15) is 0 Å². The van der Waals surface area contributed by atoms with Gasteiger partial charge in [-0.05, 0) is 12.8 Å². The number of ether oxygens (including phenoxy) is 1. The molecule has 0 bridgehead atoms. The van der Waals surface area contributed by atoms with Crippen LogP contribution in [0.5, 0.6) is 0 Å². The van der Waals surface area contributed by atoms with Crippen molar-refractivity contribution in [3.8, 4) is 0 Å². The van der Waals surface area contributed by atoms with Crippen molar-refractivity contribution < 1.29 is 4.74 Å². The standard InChI is InChI=1S/C12H19N3O/c1-16-10-4-2-3-6-12(10)11-9(5-7-15-12)13-8-14-11/h8,10,15H,2-7H2,1H3,(H,13,14). The summed E-state index contributed by atoms with van der Waals surface area (Å²) in [7, 11) is 1.82. The first kappa shape index (κ1) is 10.3. The van der Waals surface area contributed by atoms with E-state index in [0.717, 1.165) is 25.8 Å². The van der Waals surface area contributed by atoms with E-state index in [9.17, 15) is 0 Å². The van der Waals surface area contributed by atoms with Crippen LogP contribution in [0, 0.1) is 0 Å². The van der Waals surface area contributed by atoms with E-state index >= 15 is 0 Å². The van der Waals surface area contributed by atoms with Crippen LogP contribution in [-0.4, -0.2) is 29.7 Å². The van der Waals surface area contributed by atoms with Crippen molar-refractivity contribution in [3.05, 3.63) is 17.7 Å². The highest BCUT2D eigenvalue weighted by Gasteiger charge is 2.46.